The van der Waals surface area contributed by atoms with E-state index in [1.807, 2.05) is 31.1 Å². The quantitative estimate of drug-likeness (QED) is 0.489. The molecule has 1 aliphatic heterocycles. The van der Waals surface area contributed by atoms with Crippen molar-refractivity contribution in [1.29, 1.82) is 0 Å². The number of piperidine rings is 1. The molecular formula is C25H30ClN3O3S. The van der Waals surface area contributed by atoms with E-state index in [1.54, 1.807) is 30.3 Å². The van der Waals surface area contributed by atoms with Crippen LogP contribution in [-0.2, 0) is 28.1 Å². The van der Waals surface area contributed by atoms with Gasteiger partial charge in [0, 0.05) is 43.5 Å². The molecule has 4 rings (SSSR count). The van der Waals surface area contributed by atoms with Crippen molar-refractivity contribution in [2.24, 2.45) is 13.0 Å². The Balaban J connectivity index is 1.27. The van der Waals surface area contributed by atoms with Crippen LogP contribution < -0.4 is 0 Å². The van der Waals surface area contributed by atoms with E-state index >= 15 is 0 Å². The molecule has 3 aromatic rings. The number of aryl methyl sites for hydroxylation is 2. The Morgan fingerprint density at radius 3 is 2.52 bits per heavy atom. The highest BCUT2D eigenvalue weighted by Gasteiger charge is 2.25. The predicted molar refractivity (Wildman–Crippen MR) is 131 cm³/mol. The number of hydrogen-bond acceptors (Lipinski definition) is 4. The molecule has 0 atom stereocenters. The molecule has 1 fully saturated rings. The molecule has 8 heteroatoms. The maximum Gasteiger partial charge on any atom is 0.223 e. The van der Waals surface area contributed by atoms with Crippen molar-refractivity contribution in [2.75, 3.05) is 18.8 Å². The van der Waals surface area contributed by atoms with Crippen molar-refractivity contribution < 1.29 is 13.2 Å². The smallest absolute Gasteiger partial charge is 0.223 e. The fourth-order valence-electron chi connectivity index (χ4n) is 4.49. The molecule has 1 amide bonds. The number of carbonyl (C=O) groups is 1. The topological polar surface area (TPSA) is 72.3 Å². The van der Waals surface area contributed by atoms with E-state index in [1.165, 1.54) is 5.69 Å². The van der Waals surface area contributed by atoms with Crippen LogP contribution in [0.4, 0.5) is 0 Å². The molecule has 176 valence electrons. The summed E-state index contributed by atoms with van der Waals surface area (Å²) in [6.45, 7) is 3.40. The van der Waals surface area contributed by atoms with Crippen molar-refractivity contribution in [2.45, 2.75) is 43.9 Å². The fraction of sp³-hybridized carbons (Fsp3) is 0.440. The van der Waals surface area contributed by atoms with Gasteiger partial charge in [-0.2, -0.15) is 0 Å². The molecule has 0 bridgehead atoms. The van der Waals surface area contributed by atoms with Gasteiger partial charge in [-0.15, -0.1) is 0 Å². The summed E-state index contributed by atoms with van der Waals surface area (Å²) in [4.78, 5) is 19.1. The Labute approximate surface area is 200 Å². The second kappa shape index (κ2) is 9.85. The maximum absolute atomic E-state index is 12.8. The van der Waals surface area contributed by atoms with Crippen LogP contribution >= 0.6 is 11.6 Å². The zero-order valence-corrected chi connectivity index (χ0v) is 20.7. The Morgan fingerprint density at radius 1 is 1.12 bits per heavy atom. The first-order chi connectivity index (χ1) is 15.7. The number of likely N-dealkylation sites (tertiary alicyclic amines) is 1. The van der Waals surface area contributed by atoms with Crippen LogP contribution in [0.15, 0.2) is 47.5 Å². The number of aromatic nitrogens is 2. The highest BCUT2D eigenvalue weighted by atomic mass is 35.5. The zero-order valence-electron chi connectivity index (χ0n) is 19.1. The number of amides is 1. The molecule has 0 unspecified atom stereocenters. The largest absolute Gasteiger partial charge is 0.343 e. The fourth-order valence-corrected chi connectivity index (χ4v) is 5.93. The molecule has 2 aromatic carbocycles. The van der Waals surface area contributed by atoms with Crippen LogP contribution in [0.1, 0.15) is 37.2 Å². The number of fused-ring (bicyclic) bond motifs is 1. The molecule has 1 aromatic heterocycles. The van der Waals surface area contributed by atoms with E-state index in [-0.39, 0.29) is 23.0 Å². The normalized spacial score (nSPS) is 15.3. The average Bonchev–Trinajstić information content (AvgIpc) is 3.13. The lowest BCUT2D eigenvalue weighted by atomic mass is 9.91. The van der Waals surface area contributed by atoms with E-state index in [0.29, 0.717) is 24.0 Å². The van der Waals surface area contributed by atoms with Gasteiger partial charge >= 0.3 is 0 Å². The Bertz CT molecular complexity index is 1260. The molecule has 0 saturated carbocycles. The highest BCUT2D eigenvalue weighted by molar-refractivity contribution is 7.91. The van der Waals surface area contributed by atoms with Crippen molar-refractivity contribution in [3.05, 3.63) is 59.1 Å². The number of nitrogens with zero attached hydrogens (tertiary/aromatic N) is 3. The van der Waals surface area contributed by atoms with Crippen molar-refractivity contribution in [3.8, 4) is 0 Å². The number of rotatable bonds is 7. The van der Waals surface area contributed by atoms with Gasteiger partial charge in [0.2, 0.25) is 5.91 Å². The monoisotopic (exact) mass is 487 g/mol. The molecule has 0 radical (unpaired) electrons. The Morgan fingerprint density at radius 2 is 1.82 bits per heavy atom. The average molecular weight is 488 g/mol. The predicted octanol–water partition coefficient (Wildman–Crippen LogP) is 4.57. The lowest BCUT2D eigenvalue weighted by molar-refractivity contribution is -0.132. The maximum atomic E-state index is 12.8. The Hall–Kier alpha value is -2.38. The minimum atomic E-state index is -3.54. The zero-order chi connectivity index (χ0) is 23.6. The van der Waals surface area contributed by atoms with Gasteiger partial charge in [-0.05, 0) is 73.6 Å². The number of sulfone groups is 1. The van der Waals surface area contributed by atoms with Gasteiger partial charge in [-0.1, -0.05) is 23.7 Å². The standard InChI is InChI=1S/C25H30ClN3O3S/c1-18-27-17-23(28(18)2)7-3-19-9-12-29(13-10-19)25(30)11-14-33(31,32)24-8-5-20-15-22(26)6-4-21(20)16-24/h4-6,8,15-17,19H,3,7,9-14H2,1-2H3. The molecule has 0 spiro atoms. The summed E-state index contributed by atoms with van der Waals surface area (Å²) in [5.41, 5.74) is 1.24. The molecule has 1 saturated heterocycles. The molecule has 0 aliphatic carbocycles. The Kier molecular flexibility index (Phi) is 7.10. The summed E-state index contributed by atoms with van der Waals surface area (Å²) in [7, 11) is -1.49. The van der Waals surface area contributed by atoms with Crippen LogP contribution in [-0.4, -0.2) is 47.6 Å². The summed E-state index contributed by atoms with van der Waals surface area (Å²) >= 11 is 6.00. The van der Waals surface area contributed by atoms with E-state index < -0.39 is 9.84 Å². The number of benzene rings is 2. The van der Waals surface area contributed by atoms with Crippen LogP contribution in [0.5, 0.6) is 0 Å². The summed E-state index contributed by atoms with van der Waals surface area (Å²) in [6.07, 6.45) is 5.96. The first-order valence-corrected chi connectivity index (χ1v) is 13.4. The van der Waals surface area contributed by atoms with Crippen molar-refractivity contribution >= 4 is 38.1 Å². The van der Waals surface area contributed by atoms with Gasteiger partial charge in [0.15, 0.2) is 9.84 Å². The third-order valence-electron chi connectivity index (χ3n) is 6.81. The summed E-state index contributed by atoms with van der Waals surface area (Å²) < 4.78 is 27.8. The molecule has 0 N–H and O–H groups in total. The number of halogens is 1. The van der Waals surface area contributed by atoms with Gasteiger partial charge < -0.3 is 9.47 Å². The molecule has 6 nitrogen and oxygen atoms in total. The van der Waals surface area contributed by atoms with Crippen molar-refractivity contribution in [1.82, 2.24) is 14.5 Å². The van der Waals surface area contributed by atoms with Gasteiger partial charge in [-0.25, -0.2) is 13.4 Å². The number of hydrogen-bond donors (Lipinski definition) is 0. The summed E-state index contributed by atoms with van der Waals surface area (Å²) in [5, 5.41) is 2.31. The lowest BCUT2D eigenvalue weighted by Crippen LogP contribution is -2.39. The highest BCUT2D eigenvalue weighted by Crippen LogP contribution is 2.25. The summed E-state index contributed by atoms with van der Waals surface area (Å²) in [5.74, 6) is 1.35. The van der Waals surface area contributed by atoms with E-state index in [0.717, 1.165) is 42.3 Å². The molecule has 33 heavy (non-hydrogen) atoms. The van der Waals surface area contributed by atoms with Crippen LogP contribution in [0.2, 0.25) is 5.02 Å². The van der Waals surface area contributed by atoms with Gasteiger partial charge in [0.25, 0.3) is 0 Å². The van der Waals surface area contributed by atoms with E-state index in [4.69, 9.17) is 11.6 Å². The summed E-state index contributed by atoms with van der Waals surface area (Å²) in [6, 6.07) is 10.4. The first-order valence-electron chi connectivity index (χ1n) is 11.4. The van der Waals surface area contributed by atoms with E-state index in [9.17, 15) is 13.2 Å². The van der Waals surface area contributed by atoms with Crippen LogP contribution in [0, 0.1) is 12.8 Å². The third kappa shape index (κ3) is 5.58. The van der Waals surface area contributed by atoms with Gasteiger partial charge in [0.1, 0.15) is 5.82 Å². The van der Waals surface area contributed by atoms with E-state index in [2.05, 4.69) is 9.55 Å². The molecule has 2 heterocycles. The van der Waals surface area contributed by atoms with Crippen molar-refractivity contribution in [3.63, 3.8) is 0 Å². The van der Waals surface area contributed by atoms with Gasteiger partial charge in [0.05, 0.1) is 10.6 Å². The molecular weight excluding hydrogens is 458 g/mol. The second-order valence-electron chi connectivity index (χ2n) is 8.94. The first kappa shape index (κ1) is 23.8. The SMILES string of the molecule is Cc1ncc(CCC2CCN(C(=O)CCS(=O)(=O)c3ccc4cc(Cl)ccc4c3)CC2)n1C. The van der Waals surface area contributed by atoms with Gasteiger partial charge in [-0.3, -0.25) is 4.79 Å². The third-order valence-corrected chi connectivity index (χ3v) is 8.76. The number of carbonyl (C=O) groups excluding carboxylic acids is 1. The minimum absolute atomic E-state index is 0.0138. The number of imidazole rings is 1. The second-order valence-corrected chi connectivity index (χ2v) is 11.5. The minimum Gasteiger partial charge on any atom is -0.343 e. The lowest BCUT2D eigenvalue weighted by Gasteiger charge is -2.32. The molecule has 1 aliphatic rings. The van der Waals surface area contributed by atoms with Crippen LogP contribution in [0.3, 0.4) is 0 Å². The van der Waals surface area contributed by atoms with Crippen LogP contribution in [0.25, 0.3) is 10.8 Å².